The predicted octanol–water partition coefficient (Wildman–Crippen LogP) is 2.47. The van der Waals surface area contributed by atoms with E-state index < -0.39 is 0 Å². The van der Waals surface area contributed by atoms with Crippen LogP contribution in [0.15, 0.2) is 72.4 Å². The van der Waals surface area contributed by atoms with Crippen molar-refractivity contribution in [3.8, 4) is 0 Å². The highest BCUT2D eigenvalue weighted by Gasteiger charge is 2.10. The summed E-state index contributed by atoms with van der Waals surface area (Å²) in [6, 6.07) is 10.5. The highest BCUT2D eigenvalue weighted by molar-refractivity contribution is 5.98. The Morgan fingerprint density at radius 3 is 2.82 bits per heavy atom. The number of anilines is 3. The number of nitrogens with one attached hydrogen (secondary N) is 2. The van der Waals surface area contributed by atoms with Crippen molar-refractivity contribution in [1.29, 1.82) is 0 Å². The minimum atomic E-state index is -0.298. The number of likely N-dealkylation sites (N-methyl/N-ethyl adjacent to an activating group) is 1. The zero-order chi connectivity index (χ0) is 24.1. The van der Waals surface area contributed by atoms with Crippen LogP contribution in [0.2, 0.25) is 0 Å². The maximum absolute atomic E-state index is 12.7. The molecule has 0 aliphatic carbocycles. The van der Waals surface area contributed by atoms with Crippen LogP contribution < -0.4 is 16.2 Å². The number of carbonyl (C=O) groups excluding carboxylic acids is 1. The third kappa shape index (κ3) is 5.54. The molecule has 4 aromatic rings. The second-order valence-electron chi connectivity index (χ2n) is 8.04. The third-order valence-electron chi connectivity index (χ3n) is 5.11. The summed E-state index contributed by atoms with van der Waals surface area (Å²) in [6.45, 7) is 5.38. The maximum Gasteiger partial charge on any atom is 0.252 e. The average Bonchev–Trinajstić information content (AvgIpc) is 3.27. The van der Waals surface area contributed by atoms with Gasteiger partial charge in [0, 0.05) is 36.1 Å². The first kappa shape index (κ1) is 22.9. The van der Waals surface area contributed by atoms with E-state index in [1.165, 1.54) is 12.1 Å². The van der Waals surface area contributed by atoms with E-state index in [1.807, 2.05) is 43.2 Å². The van der Waals surface area contributed by atoms with Crippen molar-refractivity contribution in [2.24, 2.45) is 0 Å². The van der Waals surface area contributed by atoms with Crippen LogP contribution in [0.5, 0.6) is 0 Å². The zero-order valence-electron chi connectivity index (χ0n) is 19.1. The van der Waals surface area contributed by atoms with Crippen LogP contribution in [0.1, 0.15) is 5.56 Å². The van der Waals surface area contributed by atoms with E-state index >= 15 is 0 Å². The average molecular weight is 459 g/mol. The van der Waals surface area contributed by atoms with Crippen LogP contribution in [0.3, 0.4) is 0 Å². The Morgan fingerprint density at radius 2 is 2.03 bits per heavy atom. The Hall–Kier alpha value is -4.31. The molecule has 1 amide bonds. The molecule has 0 saturated carbocycles. The van der Waals surface area contributed by atoms with Crippen LogP contribution in [0, 0.1) is 0 Å². The number of hydrogen-bond acceptors (Lipinski definition) is 7. The molecule has 4 rings (SSSR count). The fourth-order valence-electron chi connectivity index (χ4n) is 3.39. The molecule has 174 valence electrons. The summed E-state index contributed by atoms with van der Waals surface area (Å²) in [5, 5.41) is 11.0. The summed E-state index contributed by atoms with van der Waals surface area (Å²) in [5.74, 6) is 0.0685. The summed E-state index contributed by atoms with van der Waals surface area (Å²) in [7, 11) is 4.03. The molecule has 0 aliphatic heterocycles. The number of nitrogens with zero attached hydrogens (tertiary/aromatic N) is 6. The first-order valence-electron chi connectivity index (χ1n) is 10.7. The SMILES string of the molecule is C=CC(=O)Nc1cccc(Cn2c(=O)ccc3cnc(Nc4cnn(CCN(C)C)c4)nc32)c1. The Balaban J connectivity index is 1.60. The van der Waals surface area contributed by atoms with Crippen molar-refractivity contribution < 1.29 is 4.79 Å². The van der Waals surface area contributed by atoms with Gasteiger partial charge in [-0.2, -0.15) is 10.1 Å². The van der Waals surface area contributed by atoms with Gasteiger partial charge in [-0.3, -0.25) is 18.8 Å². The smallest absolute Gasteiger partial charge is 0.252 e. The molecule has 2 N–H and O–H groups in total. The second kappa shape index (κ2) is 10.1. The Labute approximate surface area is 196 Å². The first-order valence-corrected chi connectivity index (χ1v) is 10.7. The summed E-state index contributed by atoms with van der Waals surface area (Å²) in [4.78, 5) is 35.4. The van der Waals surface area contributed by atoms with Crippen LogP contribution in [-0.2, 0) is 17.9 Å². The lowest BCUT2D eigenvalue weighted by atomic mass is 10.2. The fraction of sp³-hybridized carbons (Fsp3) is 0.208. The van der Waals surface area contributed by atoms with Crippen LogP contribution in [0.25, 0.3) is 11.0 Å². The van der Waals surface area contributed by atoms with Crippen molar-refractivity contribution in [2.75, 3.05) is 31.3 Å². The normalized spacial score (nSPS) is 11.0. The lowest BCUT2D eigenvalue weighted by Crippen LogP contribution is -2.21. The van der Waals surface area contributed by atoms with E-state index in [2.05, 4.69) is 37.2 Å². The van der Waals surface area contributed by atoms with Gasteiger partial charge in [-0.05, 0) is 43.9 Å². The molecule has 0 radical (unpaired) electrons. The zero-order valence-corrected chi connectivity index (χ0v) is 19.1. The second-order valence-corrected chi connectivity index (χ2v) is 8.04. The number of rotatable bonds is 9. The van der Waals surface area contributed by atoms with Crippen molar-refractivity contribution in [3.05, 3.63) is 83.6 Å². The molecule has 0 spiro atoms. The monoisotopic (exact) mass is 458 g/mol. The molecule has 1 aromatic carbocycles. The van der Waals surface area contributed by atoms with Gasteiger partial charge < -0.3 is 15.5 Å². The minimum Gasteiger partial charge on any atom is -0.323 e. The van der Waals surface area contributed by atoms with E-state index in [-0.39, 0.29) is 18.0 Å². The highest BCUT2D eigenvalue weighted by atomic mass is 16.1. The van der Waals surface area contributed by atoms with Gasteiger partial charge in [0.2, 0.25) is 11.9 Å². The highest BCUT2D eigenvalue weighted by Crippen LogP contribution is 2.17. The molecule has 10 heteroatoms. The number of hydrogen-bond donors (Lipinski definition) is 2. The molecular formula is C24H26N8O2. The van der Waals surface area contributed by atoms with Gasteiger partial charge in [0.1, 0.15) is 5.65 Å². The van der Waals surface area contributed by atoms with Crippen LogP contribution >= 0.6 is 0 Å². The maximum atomic E-state index is 12.7. The summed E-state index contributed by atoms with van der Waals surface area (Å²) >= 11 is 0. The summed E-state index contributed by atoms with van der Waals surface area (Å²) in [6.07, 6.45) is 6.49. The van der Waals surface area contributed by atoms with E-state index in [0.717, 1.165) is 29.7 Å². The lowest BCUT2D eigenvalue weighted by molar-refractivity contribution is -0.111. The molecular weight excluding hydrogens is 432 g/mol. The first-order chi connectivity index (χ1) is 16.4. The number of carbonyl (C=O) groups is 1. The summed E-state index contributed by atoms with van der Waals surface area (Å²) < 4.78 is 3.43. The van der Waals surface area contributed by atoms with Crippen molar-refractivity contribution in [3.63, 3.8) is 0 Å². The number of fused-ring (bicyclic) bond motifs is 1. The molecule has 0 aliphatic rings. The molecule has 0 fully saturated rings. The van der Waals surface area contributed by atoms with E-state index in [1.54, 1.807) is 29.1 Å². The molecule has 3 heterocycles. The van der Waals surface area contributed by atoms with Gasteiger partial charge in [-0.1, -0.05) is 18.7 Å². The lowest BCUT2D eigenvalue weighted by Gasteiger charge is -2.12. The Kier molecular flexibility index (Phi) is 6.79. The van der Waals surface area contributed by atoms with Crippen molar-refractivity contribution in [2.45, 2.75) is 13.1 Å². The largest absolute Gasteiger partial charge is 0.323 e. The van der Waals surface area contributed by atoms with E-state index in [4.69, 9.17) is 0 Å². The topological polar surface area (TPSA) is 110 Å². The summed E-state index contributed by atoms with van der Waals surface area (Å²) in [5.41, 5.74) is 2.54. The fourth-order valence-corrected chi connectivity index (χ4v) is 3.39. The molecule has 0 saturated heterocycles. The molecule has 0 atom stereocenters. The van der Waals surface area contributed by atoms with Gasteiger partial charge in [-0.25, -0.2) is 4.98 Å². The number of pyridine rings is 1. The van der Waals surface area contributed by atoms with Gasteiger partial charge in [0.05, 0.1) is 25.0 Å². The minimum absolute atomic E-state index is 0.186. The number of aromatic nitrogens is 5. The van der Waals surface area contributed by atoms with Crippen LogP contribution in [-0.4, -0.2) is 55.8 Å². The van der Waals surface area contributed by atoms with Gasteiger partial charge in [0.25, 0.3) is 5.56 Å². The standard InChI is InChI=1S/C24H26N8O2/c1-4-21(33)27-19-7-5-6-17(12-19)15-32-22(34)9-8-18-13-25-24(29-23(18)32)28-20-14-26-31(16-20)11-10-30(2)3/h4-9,12-14,16H,1,10-11,15H2,2-3H3,(H,27,33)(H,25,28,29). The van der Waals surface area contributed by atoms with Crippen molar-refractivity contribution in [1.82, 2.24) is 29.2 Å². The van der Waals surface area contributed by atoms with Crippen molar-refractivity contribution >= 4 is 34.3 Å². The Bertz CT molecular complexity index is 1390. The number of amides is 1. The molecule has 10 nitrogen and oxygen atoms in total. The predicted molar refractivity (Wildman–Crippen MR) is 132 cm³/mol. The number of benzene rings is 1. The molecule has 0 bridgehead atoms. The van der Waals surface area contributed by atoms with Gasteiger partial charge >= 0.3 is 0 Å². The van der Waals surface area contributed by atoms with E-state index in [9.17, 15) is 9.59 Å². The molecule has 3 aromatic heterocycles. The van der Waals surface area contributed by atoms with E-state index in [0.29, 0.717) is 17.3 Å². The third-order valence-corrected chi connectivity index (χ3v) is 5.11. The quantitative estimate of drug-likeness (QED) is 0.371. The molecule has 0 unspecified atom stereocenters. The molecule has 34 heavy (non-hydrogen) atoms. The van der Waals surface area contributed by atoms with Crippen LogP contribution in [0.4, 0.5) is 17.3 Å². The van der Waals surface area contributed by atoms with Gasteiger partial charge in [0.15, 0.2) is 0 Å². The van der Waals surface area contributed by atoms with Gasteiger partial charge in [-0.15, -0.1) is 0 Å². The Morgan fingerprint density at radius 1 is 1.18 bits per heavy atom.